The van der Waals surface area contributed by atoms with Crippen LogP contribution in [-0.4, -0.2) is 5.11 Å². The predicted molar refractivity (Wildman–Crippen MR) is 68.2 cm³/mol. The Morgan fingerprint density at radius 3 is 2.50 bits per heavy atom. The summed E-state index contributed by atoms with van der Waals surface area (Å²) in [5.41, 5.74) is -0.420. The molecule has 18 heavy (non-hydrogen) atoms. The van der Waals surface area contributed by atoms with E-state index >= 15 is 0 Å². The lowest BCUT2D eigenvalue weighted by atomic mass is 10.0. The quantitative estimate of drug-likeness (QED) is 0.748. The van der Waals surface area contributed by atoms with Crippen LogP contribution in [0.15, 0.2) is 22.7 Å². The summed E-state index contributed by atoms with van der Waals surface area (Å²) in [7, 11) is 0. The topological polar surface area (TPSA) is 20.2 Å². The number of aliphatic hydroxyl groups excluding tert-OH is 1. The maximum atomic E-state index is 12.7. The van der Waals surface area contributed by atoms with Gasteiger partial charge in [-0.2, -0.15) is 13.2 Å². The maximum Gasteiger partial charge on any atom is 0.417 e. The standard InChI is InChI=1S/C13H16BrF3O/c1-2-3-4-5-12(18)9-6-7-11(14)10(8-9)13(15,16)17/h6-8,12,18H,2-5H2,1H3. The fourth-order valence-electron chi connectivity index (χ4n) is 1.72. The average molecular weight is 325 g/mol. The Morgan fingerprint density at radius 1 is 1.28 bits per heavy atom. The Balaban J connectivity index is 2.84. The molecule has 0 radical (unpaired) electrons. The molecule has 0 spiro atoms. The number of alkyl halides is 3. The Hall–Kier alpha value is -0.550. The molecule has 0 aliphatic carbocycles. The van der Waals surface area contributed by atoms with Crippen LogP contribution < -0.4 is 0 Å². The van der Waals surface area contributed by atoms with Gasteiger partial charge in [0.1, 0.15) is 0 Å². The smallest absolute Gasteiger partial charge is 0.388 e. The molecule has 1 nitrogen and oxygen atoms in total. The zero-order valence-electron chi connectivity index (χ0n) is 10.1. The first-order valence-electron chi connectivity index (χ1n) is 5.91. The molecule has 1 unspecified atom stereocenters. The third-order valence-corrected chi connectivity index (χ3v) is 3.45. The minimum Gasteiger partial charge on any atom is -0.388 e. The van der Waals surface area contributed by atoms with E-state index in [1.165, 1.54) is 12.1 Å². The lowest BCUT2D eigenvalue weighted by Crippen LogP contribution is -2.08. The molecule has 1 rings (SSSR count). The molecule has 0 amide bonds. The van der Waals surface area contributed by atoms with Gasteiger partial charge in [-0.1, -0.05) is 48.2 Å². The van der Waals surface area contributed by atoms with Gasteiger partial charge in [-0.05, 0) is 24.1 Å². The molecule has 0 heterocycles. The molecule has 1 N–H and O–H groups in total. The van der Waals surface area contributed by atoms with Gasteiger partial charge < -0.3 is 5.11 Å². The van der Waals surface area contributed by atoms with E-state index in [2.05, 4.69) is 15.9 Å². The van der Waals surface area contributed by atoms with Crippen LogP contribution in [0.4, 0.5) is 13.2 Å². The number of rotatable bonds is 5. The van der Waals surface area contributed by atoms with Crippen LogP contribution >= 0.6 is 15.9 Å². The van der Waals surface area contributed by atoms with Gasteiger partial charge in [0.2, 0.25) is 0 Å². The van der Waals surface area contributed by atoms with Crippen LogP contribution in [0.1, 0.15) is 49.8 Å². The van der Waals surface area contributed by atoms with Crippen molar-refractivity contribution in [1.29, 1.82) is 0 Å². The van der Waals surface area contributed by atoms with Crippen LogP contribution in [0.25, 0.3) is 0 Å². The number of hydrogen-bond donors (Lipinski definition) is 1. The zero-order chi connectivity index (χ0) is 13.8. The second-order valence-corrected chi connectivity index (χ2v) is 5.10. The van der Waals surface area contributed by atoms with Crippen molar-refractivity contribution in [3.63, 3.8) is 0 Å². The first-order chi connectivity index (χ1) is 8.36. The highest BCUT2D eigenvalue weighted by Crippen LogP contribution is 2.36. The van der Waals surface area contributed by atoms with E-state index < -0.39 is 17.8 Å². The molecule has 0 aromatic heterocycles. The van der Waals surface area contributed by atoms with Gasteiger partial charge in [0.05, 0.1) is 11.7 Å². The molecule has 0 saturated heterocycles. The number of aliphatic hydroxyl groups is 1. The molecule has 0 fully saturated rings. The monoisotopic (exact) mass is 324 g/mol. The molecule has 0 saturated carbocycles. The summed E-state index contributed by atoms with van der Waals surface area (Å²) < 4.78 is 38.1. The van der Waals surface area contributed by atoms with Crippen LogP contribution in [0.2, 0.25) is 0 Å². The van der Waals surface area contributed by atoms with E-state index in [4.69, 9.17) is 0 Å². The summed E-state index contributed by atoms with van der Waals surface area (Å²) in [6.07, 6.45) is -1.94. The van der Waals surface area contributed by atoms with E-state index in [1.54, 1.807) is 0 Å². The Kier molecular flexibility index (Phi) is 5.66. The zero-order valence-corrected chi connectivity index (χ0v) is 11.7. The van der Waals surface area contributed by atoms with Gasteiger partial charge in [0.15, 0.2) is 0 Å². The lowest BCUT2D eigenvalue weighted by molar-refractivity contribution is -0.138. The summed E-state index contributed by atoms with van der Waals surface area (Å²) >= 11 is 2.88. The van der Waals surface area contributed by atoms with Crippen LogP contribution in [0.5, 0.6) is 0 Å². The van der Waals surface area contributed by atoms with Gasteiger partial charge in [0, 0.05) is 4.47 Å². The Bertz CT molecular complexity index is 390. The third-order valence-electron chi connectivity index (χ3n) is 2.76. The predicted octanol–water partition coefficient (Wildman–Crippen LogP) is 5.08. The molecule has 1 atom stereocenters. The maximum absolute atomic E-state index is 12.7. The Morgan fingerprint density at radius 2 is 1.94 bits per heavy atom. The van der Waals surface area contributed by atoms with Crippen molar-refractivity contribution in [2.24, 2.45) is 0 Å². The SMILES string of the molecule is CCCCCC(O)c1ccc(Br)c(C(F)(F)F)c1. The summed E-state index contributed by atoms with van der Waals surface area (Å²) in [5, 5.41) is 9.85. The second kappa shape index (κ2) is 6.57. The molecule has 0 aliphatic heterocycles. The third kappa shape index (κ3) is 4.28. The highest BCUT2D eigenvalue weighted by Gasteiger charge is 2.33. The highest BCUT2D eigenvalue weighted by molar-refractivity contribution is 9.10. The van der Waals surface area contributed by atoms with E-state index in [1.807, 2.05) is 6.92 Å². The normalized spacial score (nSPS) is 13.7. The van der Waals surface area contributed by atoms with Crippen molar-refractivity contribution < 1.29 is 18.3 Å². The van der Waals surface area contributed by atoms with Gasteiger partial charge in [-0.25, -0.2) is 0 Å². The summed E-state index contributed by atoms with van der Waals surface area (Å²) in [6.45, 7) is 2.04. The minimum absolute atomic E-state index is 0.000455. The highest BCUT2D eigenvalue weighted by atomic mass is 79.9. The van der Waals surface area contributed by atoms with Crippen LogP contribution in [0.3, 0.4) is 0 Å². The first kappa shape index (κ1) is 15.5. The number of hydrogen-bond acceptors (Lipinski definition) is 1. The number of unbranched alkanes of at least 4 members (excludes halogenated alkanes) is 2. The molecule has 5 heteroatoms. The molecule has 102 valence electrons. The molecule has 1 aromatic rings. The average Bonchev–Trinajstić information content (AvgIpc) is 2.28. The van der Waals surface area contributed by atoms with Gasteiger partial charge in [-0.3, -0.25) is 0 Å². The molecule has 0 aliphatic rings. The van der Waals surface area contributed by atoms with Crippen LogP contribution in [-0.2, 0) is 6.18 Å². The van der Waals surface area contributed by atoms with E-state index in [0.29, 0.717) is 12.0 Å². The van der Waals surface area contributed by atoms with Crippen molar-refractivity contribution in [3.8, 4) is 0 Å². The van der Waals surface area contributed by atoms with E-state index in [-0.39, 0.29) is 4.47 Å². The van der Waals surface area contributed by atoms with Gasteiger partial charge in [-0.15, -0.1) is 0 Å². The van der Waals surface area contributed by atoms with E-state index in [0.717, 1.165) is 25.3 Å². The number of halogens is 4. The molecular formula is C13H16BrF3O. The fraction of sp³-hybridized carbons (Fsp3) is 0.538. The van der Waals surface area contributed by atoms with Crippen molar-refractivity contribution in [2.75, 3.05) is 0 Å². The summed E-state index contributed by atoms with van der Waals surface area (Å²) in [4.78, 5) is 0. The van der Waals surface area contributed by atoms with Crippen molar-refractivity contribution in [3.05, 3.63) is 33.8 Å². The first-order valence-corrected chi connectivity index (χ1v) is 6.70. The summed E-state index contributed by atoms with van der Waals surface area (Å²) in [6, 6.07) is 3.87. The van der Waals surface area contributed by atoms with Gasteiger partial charge in [0.25, 0.3) is 0 Å². The van der Waals surface area contributed by atoms with Crippen molar-refractivity contribution in [2.45, 2.75) is 44.9 Å². The minimum atomic E-state index is -4.40. The van der Waals surface area contributed by atoms with Crippen molar-refractivity contribution in [1.82, 2.24) is 0 Å². The fourth-order valence-corrected chi connectivity index (χ4v) is 2.19. The van der Waals surface area contributed by atoms with Crippen LogP contribution in [0, 0.1) is 0 Å². The molecule has 1 aromatic carbocycles. The van der Waals surface area contributed by atoms with Gasteiger partial charge >= 0.3 is 6.18 Å². The van der Waals surface area contributed by atoms with Crippen molar-refractivity contribution >= 4 is 15.9 Å². The Labute approximate surface area is 113 Å². The second-order valence-electron chi connectivity index (χ2n) is 4.25. The molecule has 0 bridgehead atoms. The lowest BCUT2D eigenvalue weighted by Gasteiger charge is -2.15. The molecular weight excluding hydrogens is 309 g/mol. The largest absolute Gasteiger partial charge is 0.417 e. The number of benzene rings is 1. The summed E-state index contributed by atoms with van der Waals surface area (Å²) in [5.74, 6) is 0. The van der Waals surface area contributed by atoms with E-state index in [9.17, 15) is 18.3 Å².